The Kier molecular flexibility index (Phi) is 3.40. The number of fused-ring (bicyclic) bond motifs is 1. The minimum atomic E-state index is -0.436. The fourth-order valence-electron chi connectivity index (χ4n) is 2.34. The maximum absolute atomic E-state index is 12.3. The molecule has 1 aliphatic rings. The van der Waals surface area contributed by atoms with E-state index in [-0.39, 0.29) is 11.8 Å². The van der Waals surface area contributed by atoms with Crippen LogP contribution >= 0.6 is 22.9 Å². The molecule has 1 saturated heterocycles. The lowest BCUT2D eigenvalue weighted by molar-refractivity contribution is -0.128. The molecule has 6 heteroatoms. The van der Waals surface area contributed by atoms with Crippen LogP contribution in [-0.2, 0) is 4.79 Å². The van der Waals surface area contributed by atoms with E-state index < -0.39 is 6.04 Å². The summed E-state index contributed by atoms with van der Waals surface area (Å²) >= 11 is 7.61. The molecule has 2 aromatic rings. The van der Waals surface area contributed by atoms with E-state index in [1.807, 2.05) is 24.3 Å². The van der Waals surface area contributed by atoms with Crippen LogP contribution in [0.4, 0.5) is 0 Å². The first-order valence-corrected chi connectivity index (χ1v) is 7.50. The van der Waals surface area contributed by atoms with Crippen LogP contribution in [0.1, 0.15) is 16.1 Å². The number of hydrogen-bond donors (Lipinski definition) is 1. The monoisotopic (exact) mass is 308 g/mol. The van der Waals surface area contributed by atoms with Gasteiger partial charge in [0.05, 0.1) is 5.02 Å². The molecule has 0 bridgehead atoms. The van der Waals surface area contributed by atoms with E-state index in [2.05, 4.69) is 5.32 Å². The third-order valence-corrected chi connectivity index (χ3v) is 5.15. The number of nitrogens with zero attached hydrogens (tertiary/aromatic N) is 1. The van der Waals surface area contributed by atoms with Gasteiger partial charge in [-0.25, -0.2) is 0 Å². The molecule has 1 fully saturated rings. The second-order valence-corrected chi connectivity index (χ2v) is 6.25. The van der Waals surface area contributed by atoms with Gasteiger partial charge in [0, 0.05) is 23.7 Å². The molecule has 1 unspecified atom stereocenters. The van der Waals surface area contributed by atoms with Crippen molar-refractivity contribution in [3.05, 3.63) is 34.2 Å². The molecule has 104 valence electrons. The average Bonchev–Trinajstić information content (AvgIpc) is 2.94. The van der Waals surface area contributed by atoms with Gasteiger partial charge in [0.2, 0.25) is 5.91 Å². The zero-order valence-corrected chi connectivity index (χ0v) is 12.4. The first-order chi connectivity index (χ1) is 9.58. The maximum atomic E-state index is 12.3. The summed E-state index contributed by atoms with van der Waals surface area (Å²) in [5.74, 6) is -0.319. The van der Waals surface area contributed by atoms with Crippen molar-refractivity contribution in [2.24, 2.45) is 0 Å². The van der Waals surface area contributed by atoms with Crippen molar-refractivity contribution in [3.8, 4) is 0 Å². The lowest BCUT2D eigenvalue weighted by Crippen LogP contribution is -2.40. The summed E-state index contributed by atoms with van der Waals surface area (Å²) in [5, 5.41) is 4.11. The number of hydrogen-bond acceptors (Lipinski definition) is 3. The van der Waals surface area contributed by atoms with Gasteiger partial charge in [-0.3, -0.25) is 9.59 Å². The van der Waals surface area contributed by atoms with Gasteiger partial charge in [-0.15, -0.1) is 11.3 Å². The summed E-state index contributed by atoms with van der Waals surface area (Å²) in [7, 11) is 1.74. The van der Waals surface area contributed by atoms with Crippen LogP contribution in [0.2, 0.25) is 5.02 Å². The second kappa shape index (κ2) is 5.07. The predicted octanol–water partition coefficient (Wildman–Crippen LogP) is 2.52. The fraction of sp³-hybridized carbons (Fsp3) is 0.286. The highest BCUT2D eigenvalue weighted by molar-refractivity contribution is 7.21. The standard InChI is InChI=1S/C14H13ClN2O2S/c1-17-7-6-9(14(17)19)16-13(18)12-11(15)8-4-2-3-5-10(8)20-12/h2-5,9H,6-7H2,1H3,(H,16,18). The lowest BCUT2D eigenvalue weighted by Gasteiger charge is -2.11. The van der Waals surface area contributed by atoms with E-state index in [9.17, 15) is 9.59 Å². The summed E-state index contributed by atoms with van der Waals surface area (Å²) in [6, 6.07) is 7.18. The molecule has 2 amide bonds. The van der Waals surface area contributed by atoms with Gasteiger partial charge in [-0.2, -0.15) is 0 Å². The molecule has 0 radical (unpaired) electrons. The molecule has 1 aromatic carbocycles. The number of amides is 2. The summed E-state index contributed by atoms with van der Waals surface area (Å²) in [4.78, 5) is 26.2. The number of halogens is 1. The number of benzene rings is 1. The van der Waals surface area contributed by atoms with Crippen molar-refractivity contribution in [1.29, 1.82) is 0 Å². The van der Waals surface area contributed by atoms with Crippen LogP contribution < -0.4 is 5.32 Å². The number of carbonyl (C=O) groups is 2. The fourth-order valence-corrected chi connectivity index (χ4v) is 3.76. The Hall–Kier alpha value is -1.59. The Morgan fingerprint density at radius 2 is 2.20 bits per heavy atom. The Morgan fingerprint density at radius 1 is 1.45 bits per heavy atom. The minimum Gasteiger partial charge on any atom is -0.344 e. The van der Waals surface area contributed by atoms with E-state index in [1.165, 1.54) is 11.3 Å². The van der Waals surface area contributed by atoms with Crippen molar-refractivity contribution in [2.75, 3.05) is 13.6 Å². The van der Waals surface area contributed by atoms with Crippen LogP contribution in [0, 0.1) is 0 Å². The van der Waals surface area contributed by atoms with Crippen molar-refractivity contribution in [1.82, 2.24) is 10.2 Å². The van der Waals surface area contributed by atoms with Crippen molar-refractivity contribution < 1.29 is 9.59 Å². The molecule has 0 aliphatic carbocycles. The molecule has 3 rings (SSSR count). The molecule has 1 atom stereocenters. The first-order valence-electron chi connectivity index (χ1n) is 6.31. The number of likely N-dealkylation sites (tertiary alicyclic amines) is 1. The molecule has 1 aliphatic heterocycles. The molecular weight excluding hydrogens is 296 g/mol. The zero-order valence-electron chi connectivity index (χ0n) is 10.9. The van der Waals surface area contributed by atoms with Gasteiger partial charge in [-0.05, 0) is 12.5 Å². The number of likely N-dealkylation sites (N-methyl/N-ethyl adjacent to an activating group) is 1. The molecule has 0 spiro atoms. The Balaban J connectivity index is 1.86. The van der Waals surface area contributed by atoms with Gasteiger partial charge in [0.15, 0.2) is 0 Å². The molecular formula is C14H13ClN2O2S. The largest absolute Gasteiger partial charge is 0.344 e. The number of nitrogens with one attached hydrogen (secondary N) is 1. The van der Waals surface area contributed by atoms with E-state index >= 15 is 0 Å². The third kappa shape index (κ3) is 2.17. The van der Waals surface area contributed by atoms with Crippen LogP contribution in [0.3, 0.4) is 0 Å². The highest BCUT2D eigenvalue weighted by Gasteiger charge is 2.31. The highest BCUT2D eigenvalue weighted by atomic mass is 35.5. The lowest BCUT2D eigenvalue weighted by atomic mass is 10.2. The smallest absolute Gasteiger partial charge is 0.263 e. The second-order valence-electron chi connectivity index (χ2n) is 4.82. The van der Waals surface area contributed by atoms with Crippen LogP contribution in [-0.4, -0.2) is 36.3 Å². The quantitative estimate of drug-likeness (QED) is 0.927. The zero-order chi connectivity index (χ0) is 14.3. The number of thiophene rings is 1. The van der Waals surface area contributed by atoms with Crippen LogP contribution in [0.5, 0.6) is 0 Å². The van der Waals surface area contributed by atoms with Crippen molar-refractivity contribution >= 4 is 44.8 Å². The van der Waals surface area contributed by atoms with E-state index in [1.54, 1.807) is 11.9 Å². The molecule has 20 heavy (non-hydrogen) atoms. The average molecular weight is 309 g/mol. The van der Waals surface area contributed by atoms with Crippen LogP contribution in [0.15, 0.2) is 24.3 Å². The van der Waals surface area contributed by atoms with Gasteiger partial charge in [0.25, 0.3) is 5.91 Å². The van der Waals surface area contributed by atoms with Gasteiger partial charge in [0.1, 0.15) is 10.9 Å². The first kappa shape index (κ1) is 13.4. The molecule has 1 N–H and O–H groups in total. The molecule has 2 heterocycles. The van der Waals surface area contributed by atoms with E-state index in [0.717, 1.165) is 10.1 Å². The van der Waals surface area contributed by atoms with Crippen LogP contribution in [0.25, 0.3) is 10.1 Å². The molecule has 0 saturated carbocycles. The number of carbonyl (C=O) groups excluding carboxylic acids is 2. The maximum Gasteiger partial charge on any atom is 0.263 e. The molecule has 1 aromatic heterocycles. The molecule has 4 nitrogen and oxygen atoms in total. The predicted molar refractivity (Wildman–Crippen MR) is 80.3 cm³/mol. The SMILES string of the molecule is CN1CCC(NC(=O)c2sc3ccccc3c2Cl)C1=O. The number of rotatable bonds is 2. The summed E-state index contributed by atoms with van der Waals surface area (Å²) < 4.78 is 0.970. The minimum absolute atomic E-state index is 0.0458. The Labute approximate surface area is 125 Å². The van der Waals surface area contributed by atoms with Crippen molar-refractivity contribution in [2.45, 2.75) is 12.5 Å². The summed E-state index contributed by atoms with van der Waals surface area (Å²) in [5.41, 5.74) is 0. The van der Waals surface area contributed by atoms with E-state index in [0.29, 0.717) is 22.9 Å². The normalized spacial score (nSPS) is 18.8. The topological polar surface area (TPSA) is 49.4 Å². The summed E-state index contributed by atoms with van der Waals surface area (Å²) in [6.45, 7) is 0.671. The van der Waals surface area contributed by atoms with Gasteiger partial charge in [-0.1, -0.05) is 29.8 Å². The summed E-state index contributed by atoms with van der Waals surface area (Å²) in [6.07, 6.45) is 0.642. The van der Waals surface area contributed by atoms with Gasteiger partial charge >= 0.3 is 0 Å². The van der Waals surface area contributed by atoms with Crippen molar-refractivity contribution in [3.63, 3.8) is 0 Å². The van der Waals surface area contributed by atoms with E-state index in [4.69, 9.17) is 11.6 Å². The third-order valence-electron chi connectivity index (χ3n) is 3.47. The van der Waals surface area contributed by atoms with Gasteiger partial charge < -0.3 is 10.2 Å². The highest BCUT2D eigenvalue weighted by Crippen LogP contribution is 2.35. The Morgan fingerprint density at radius 3 is 2.85 bits per heavy atom. The Bertz CT molecular complexity index is 698.